The Kier molecular flexibility index (Phi) is 7.84. The fourth-order valence-electron chi connectivity index (χ4n) is 3.62. The van der Waals surface area contributed by atoms with Crippen molar-refractivity contribution in [2.24, 2.45) is 0 Å². The zero-order valence-corrected chi connectivity index (χ0v) is 19.6. The van der Waals surface area contributed by atoms with E-state index in [0.29, 0.717) is 0 Å². The molecule has 10 nitrogen and oxygen atoms in total. The Balaban J connectivity index is 2.46. The molecular weight excluding hydrogens is 416 g/mol. The van der Waals surface area contributed by atoms with E-state index in [9.17, 15) is 19.2 Å². The van der Waals surface area contributed by atoms with Crippen LogP contribution in [0.15, 0.2) is 24.3 Å². The molecule has 0 saturated carbocycles. The molecule has 0 aromatic heterocycles. The lowest BCUT2D eigenvalue weighted by Crippen LogP contribution is -2.66. The van der Waals surface area contributed by atoms with E-state index in [1.165, 1.54) is 24.0 Å². The molecule has 1 aromatic carbocycles. The summed E-state index contributed by atoms with van der Waals surface area (Å²) in [7, 11) is 0. The van der Waals surface area contributed by atoms with Gasteiger partial charge in [0, 0.05) is 25.6 Å². The first kappa shape index (κ1) is 25.1. The standard InChI is InChI=1S/C22H32N4O6/c1-8-25(15(6)31-20(29)23-13(2)3)22(7,32-21(30)24-14(4)5)26-18(27)16-11-9-10-12-17(16)19(26)28/h9-15H,8H2,1-7H3,(H,23,29)(H,24,30). The minimum atomic E-state index is -1.88. The molecule has 4 amide bonds. The van der Waals surface area contributed by atoms with Gasteiger partial charge in [-0.05, 0) is 46.8 Å². The molecule has 2 atom stereocenters. The van der Waals surface area contributed by atoms with Crippen LogP contribution in [0.3, 0.4) is 0 Å². The zero-order valence-electron chi connectivity index (χ0n) is 19.6. The third kappa shape index (κ3) is 5.18. The van der Waals surface area contributed by atoms with Crippen LogP contribution in [0.2, 0.25) is 0 Å². The van der Waals surface area contributed by atoms with Gasteiger partial charge in [0.1, 0.15) is 0 Å². The Bertz CT molecular complexity index is 852. The highest BCUT2D eigenvalue weighted by Gasteiger charge is 2.54. The Morgan fingerprint density at radius 1 is 0.969 bits per heavy atom. The summed E-state index contributed by atoms with van der Waals surface area (Å²) in [5.74, 6) is -3.09. The molecule has 0 aliphatic carbocycles. The average molecular weight is 449 g/mol. The molecule has 0 fully saturated rings. The maximum Gasteiger partial charge on any atom is 0.410 e. The molecule has 0 bridgehead atoms. The van der Waals surface area contributed by atoms with Crippen LogP contribution >= 0.6 is 0 Å². The summed E-state index contributed by atoms with van der Waals surface area (Å²) in [5.41, 5.74) is 0.414. The van der Waals surface area contributed by atoms with Gasteiger partial charge >= 0.3 is 12.2 Å². The SMILES string of the molecule is CCN(C(C)OC(=O)NC(C)C)C(C)(OC(=O)NC(C)C)N1C(=O)c2ccccc2C1=O. The molecular formula is C22H32N4O6. The summed E-state index contributed by atoms with van der Waals surface area (Å²) < 4.78 is 11.1. The van der Waals surface area contributed by atoms with Gasteiger partial charge in [-0.2, -0.15) is 0 Å². The van der Waals surface area contributed by atoms with Crippen molar-refractivity contribution in [3.05, 3.63) is 35.4 Å². The van der Waals surface area contributed by atoms with Gasteiger partial charge in [-0.15, -0.1) is 0 Å². The third-order valence-corrected chi connectivity index (χ3v) is 4.90. The van der Waals surface area contributed by atoms with Crippen LogP contribution < -0.4 is 10.6 Å². The first-order valence-corrected chi connectivity index (χ1v) is 10.6. The lowest BCUT2D eigenvalue weighted by Gasteiger charge is -2.46. The number of benzene rings is 1. The minimum absolute atomic E-state index is 0.152. The van der Waals surface area contributed by atoms with E-state index in [0.717, 1.165) is 4.90 Å². The molecule has 1 aliphatic rings. The van der Waals surface area contributed by atoms with Crippen LogP contribution in [-0.2, 0) is 9.47 Å². The van der Waals surface area contributed by atoms with Gasteiger partial charge in [-0.3, -0.25) is 9.59 Å². The van der Waals surface area contributed by atoms with Crippen LogP contribution in [0, 0.1) is 0 Å². The Labute approximate surface area is 188 Å². The Morgan fingerprint density at radius 2 is 1.44 bits per heavy atom. The molecule has 2 unspecified atom stereocenters. The van der Waals surface area contributed by atoms with Crippen molar-refractivity contribution in [1.29, 1.82) is 0 Å². The number of ether oxygens (including phenoxy) is 2. The van der Waals surface area contributed by atoms with E-state index in [1.54, 1.807) is 53.7 Å². The van der Waals surface area contributed by atoms with Crippen molar-refractivity contribution in [3.8, 4) is 0 Å². The maximum atomic E-state index is 13.2. The molecule has 0 saturated heterocycles. The predicted octanol–water partition coefficient (Wildman–Crippen LogP) is 2.89. The topological polar surface area (TPSA) is 117 Å². The van der Waals surface area contributed by atoms with E-state index >= 15 is 0 Å². The number of rotatable bonds is 8. The first-order valence-electron chi connectivity index (χ1n) is 10.6. The predicted molar refractivity (Wildman–Crippen MR) is 117 cm³/mol. The molecule has 2 rings (SSSR count). The van der Waals surface area contributed by atoms with Crippen LogP contribution in [0.25, 0.3) is 0 Å². The Hall–Kier alpha value is -3.14. The smallest absolute Gasteiger partial charge is 0.410 e. The number of amides is 4. The van der Waals surface area contributed by atoms with Crippen molar-refractivity contribution in [2.75, 3.05) is 6.54 Å². The normalized spacial score (nSPS) is 16.1. The summed E-state index contributed by atoms with van der Waals surface area (Å²) in [6, 6.07) is 5.98. The molecule has 1 heterocycles. The number of hydrogen-bond donors (Lipinski definition) is 2. The van der Waals surface area contributed by atoms with E-state index in [-0.39, 0.29) is 29.8 Å². The van der Waals surface area contributed by atoms with Crippen LogP contribution in [0.1, 0.15) is 69.2 Å². The van der Waals surface area contributed by atoms with Crippen molar-refractivity contribution in [2.45, 2.75) is 72.6 Å². The van der Waals surface area contributed by atoms with E-state index in [2.05, 4.69) is 10.6 Å². The number of carbonyl (C=O) groups excluding carboxylic acids is 4. The Morgan fingerprint density at radius 3 is 1.88 bits per heavy atom. The molecule has 176 valence electrons. The van der Waals surface area contributed by atoms with E-state index in [1.807, 2.05) is 0 Å². The van der Waals surface area contributed by atoms with Crippen molar-refractivity contribution in [3.63, 3.8) is 0 Å². The number of nitrogens with zero attached hydrogens (tertiary/aromatic N) is 2. The summed E-state index contributed by atoms with van der Waals surface area (Å²) >= 11 is 0. The fraction of sp³-hybridized carbons (Fsp3) is 0.545. The highest BCUT2D eigenvalue weighted by molar-refractivity contribution is 6.21. The van der Waals surface area contributed by atoms with Gasteiger partial charge in [0.25, 0.3) is 17.7 Å². The molecule has 0 spiro atoms. The van der Waals surface area contributed by atoms with E-state index < -0.39 is 36.1 Å². The van der Waals surface area contributed by atoms with Gasteiger partial charge in [-0.25, -0.2) is 19.4 Å². The average Bonchev–Trinajstić information content (AvgIpc) is 2.92. The van der Waals surface area contributed by atoms with Gasteiger partial charge in [0.2, 0.25) is 0 Å². The van der Waals surface area contributed by atoms with Crippen LogP contribution in [-0.4, -0.2) is 64.5 Å². The second-order valence-electron chi connectivity index (χ2n) is 8.20. The number of fused-ring (bicyclic) bond motifs is 1. The molecule has 1 aromatic rings. The zero-order chi connectivity index (χ0) is 24.2. The fourth-order valence-corrected chi connectivity index (χ4v) is 3.62. The molecule has 10 heteroatoms. The van der Waals surface area contributed by atoms with Gasteiger partial charge < -0.3 is 20.1 Å². The molecule has 32 heavy (non-hydrogen) atoms. The number of hydrogen-bond acceptors (Lipinski definition) is 7. The summed E-state index contributed by atoms with van der Waals surface area (Å²) in [5, 5.41) is 5.22. The highest BCUT2D eigenvalue weighted by Crippen LogP contribution is 2.34. The van der Waals surface area contributed by atoms with E-state index in [4.69, 9.17) is 9.47 Å². The van der Waals surface area contributed by atoms with Gasteiger partial charge in [0.15, 0.2) is 6.23 Å². The third-order valence-electron chi connectivity index (χ3n) is 4.90. The summed E-state index contributed by atoms with van der Waals surface area (Å²) in [6.45, 7) is 12.0. The molecule has 0 radical (unpaired) electrons. The van der Waals surface area contributed by atoms with Crippen molar-refractivity contribution in [1.82, 2.24) is 20.4 Å². The number of imide groups is 1. The number of nitrogens with one attached hydrogen (secondary N) is 2. The molecule has 2 N–H and O–H groups in total. The van der Waals surface area contributed by atoms with Crippen LogP contribution in [0.4, 0.5) is 9.59 Å². The lowest BCUT2D eigenvalue weighted by atomic mass is 10.1. The van der Waals surface area contributed by atoms with Crippen molar-refractivity contribution < 1.29 is 28.7 Å². The van der Waals surface area contributed by atoms with Crippen LogP contribution in [0.5, 0.6) is 0 Å². The first-order chi connectivity index (χ1) is 14.9. The molecule has 1 aliphatic heterocycles. The maximum absolute atomic E-state index is 13.2. The largest absolute Gasteiger partial charge is 0.430 e. The second-order valence-corrected chi connectivity index (χ2v) is 8.20. The number of carbonyl (C=O) groups is 4. The number of alkyl carbamates (subject to hydrolysis) is 2. The second kappa shape index (κ2) is 9.99. The summed E-state index contributed by atoms with van der Waals surface area (Å²) in [6.07, 6.45) is -2.45. The highest BCUT2D eigenvalue weighted by atomic mass is 16.6. The quantitative estimate of drug-likeness (QED) is 0.464. The van der Waals surface area contributed by atoms with Crippen molar-refractivity contribution >= 4 is 24.0 Å². The monoisotopic (exact) mass is 448 g/mol. The lowest BCUT2D eigenvalue weighted by molar-refractivity contribution is -0.209. The van der Waals surface area contributed by atoms with Gasteiger partial charge in [0.05, 0.1) is 11.1 Å². The minimum Gasteiger partial charge on any atom is -0.430 e. The van der Waals surface area contributed by atoms with Gasteiger partial charge in [-0.1, -0.05) is 19.1 Å². The summed E-state index contributed by atoms with van der Waals surface area (Å²) in [4.78, 5) is 53.5.